The second-order valence-electron chi connectivity index (χ2n) is 6.27. The number of anilines is 1. The number of benzene rings is 1. The van der Waals surface area contributed by atoms with Crippen molar-refractivity contribution < 1.29 is 19.1 Å². The van der Waals surface area contributed by atoms with Gasteiger partial charge in [-0.3, -0.25) is 4.79 Å². The van der Waals surface area contributed by atoms with Gasteiger partial charge < -0.3 is 25.2 Å². The molecular formula is C18H26N4O4. The van der Waals surface area contributed by atoms with Crippen LogP contribution in [0.4, 0.5) is 15.3 Å². The highest BCUT2D eigenvalue weighted by atomic mass is 16.6. The molecule has 8 nitrogen and oxygen atoms in total. The van der Waals surface area contributed by atoms with Crippen molar-refractivity contribution in [1.82, 2.24) is 15.1 Å². The fraction of sp³-hybridized carbons (Fsp3) is 0.500. The highest BCUT2D eigenvalue weighted by Gasteiger charge is 2.26. The molecule has 0 bridgehead atoms. The maximum Gasteiger partial charge on any atom is 0.410 e. The zero-order valence-electron chi connectivity index (χ0n) is 15.4. The van der Waals surface area contributed by atoms with Crippen molar-refractivity contribution in [2.45, 2.75) is 26.9 Å². The number of carbonyl (C=O) groups excluding carboxylic acids is 3. The fourth-order valence-electron chi connectivity index (χ4n) is 2.58. The van der Waals surface area contributed by atoms with E-state index in [1.165, 1.54) is 0 Å². The van der Waals surface area contributed by atoms with Gasteiger partial charge in [-0.25, -0.2) is 9.59 Å². The first-order valence-corrected chi connectivity index (χ1v) is 8.80. The number of rotatable bonds is 4. The van der Waals surface area contributed by atoms with Gasteiger partial charge in [0.15, 0.2) is 0 Å². The summed E-state index contributed by atoms with van der Waals surface area (Å²) in [6, 6.07) is 6.47. The van der Waals surface area contributed by atoms with Gasteiger partial charge in [0.05, 0.1) is 6.10 Å². The Morgan fingerprint density at radius 3 is 2.15 bits per heavy atom. The average molecular weight is 362 g/mol. The number of piperazine rings is 1. The van der Waals surface area contributed by atoms with E-state index in [0.29, 0.717) is 44.0 Å². The molecule has 0 unspecified atom stereocenters. The van der Waals surface area contributed by atoms with Gasteiger partial charge in [-0.05, 0) is 45.0 Å². The maximum atomic E-state index is 12.6. The maximum absolute atomic E-state index is 12.6. The number of carbonyl (C=O) groups is 3. The molecule has 1 aliphatic rings. The van der Waals surface area contributed by atoms with E-state index in [1.807, 2.05) is 20.8 Å². The Hall–Kier alpha value is -2.77. The second kappa shape index (κ2) is 9.07. The van der Waals surface area contributed by atoms with Gasteiger partial charge in [0.2, 0.25) is 0 Å². The number of urea groups is 1. The van der Waals surface area contributed by atoms with Crippen LogP contribution in [0.2, 0.25) is 0 Å². The van der Waals surface area contributed by atoms with Gasteiger partial charge in [0, 0.05) is 44.0 Å². The molecule has 0 aromatic heterocycles. The Balaban J connectivity index is 1.88. The molecule has 0 aliphatic carbocycles. The molecule has 8 heteroatoms. The molecule has 0 spiro atoms. The van der Waals surface area contributed by atoms with E-state index in [2.05, 4.69) is 10.6 Å². The Labute approximate surface area is 153 Å². The lowest BCUT2D eigenvalue weighted by Gasteiger charge is -2.34. The third-order valence-electron chi connectivity index (χ3n) is 3.89. The molecule has 0 radical (unpaired) electrons. The molecule has 1 heterocycles. The molecule has 0 atom stereocenters. The molecule has 142 valence electrons. The first kappa shape index (κ1) is 19.6. The Morgan fingerprint density at radius 2 is 1.62 bits per heavy atom. The summed E-state index contributed by atoms with van der Waals surface area (Å²) in [5.74, 6) is -0.0913. The van der Waals surface area contributed by atoms with Crippen molar-refractivity contribution in [2.75, 3.05) is 38.0 Å². The van der Waals surface area contributed by atoms with Crippen molar-refractivity contribution in [3.05, 3.63) is 29.8 Å². The van der Waals surface area contributed by atoms with E-state index in [9.17, 15) is 14.4 Å². The third kappa shape index (κ3) is 5.37. The van der Waals surface area contributed by atoms with Crippen LogP contribution in [0, 0.1) is 0 Å². The molecule has 2 N–H and O–H groups in total. The highest BCUT2D eigenvalue weighted by molar-refractivity contribution is 5.95. The number of hydrogen-bond donors (Lipinski definition) is 2. The molecule has 1 aromatic carbocycles. The van der Waals surface area contributed by atoms with Gasteiger partial charge >= 0.3 is 12.1 Å². The van der Waals surface area contributed by atoms with Gasteiger partial charge in [-0.2, -0.15) is 0 Å². The summed E-state index contributed by atoms with van der Waals surface area (Å²) in [7, 11) is 0. The summed E-state index contributed by atoms with van der Waals surface area (Å²) in [4.78, 5) is 39.3. The Kier molecular flexibility index (Phi) is 6.82. The van der Waals surface area contributed by atoms with Crippen molar-refractivity contribution >= 4 is 23.7 Å². The molecular weight excluding hydrogens is 336 g/mol. The minimum atomic E-state index is -0.340. The summed E-state index contributed by atoms with van der Waals surface area (Å²) in [6.45, 7) is 7.82. The van der Waals surface area contributed by atoms with E-state index in [0.717, 1.165) is 0 Å². The summed E-state index contributed by atoms with van der Waals surface area (Å²) in [5, 5.41) is 5.33. The van der Waals surface area contributed by atoms with Crippen LogP contribution in [0.1, 0.15) is 31.1 Å². The third-order valence-corrected chi connectivity index (χ3v) is 3.89. The molecule has 26 heavy (non-hydrogen) atoms. The normalized spacial score (nSPS) is 14.2. The number of nitrogens with one attached hydrogen (secondary N) is 2. The van der Waals surface area contributed by atoms with E-state index >= 15 is 0 Å². The van der Waals surface area contributed by atoms with E-state index in [1.54, 1.807) is 34.1 Å². The molecule has 0 saturated carbocycles. The van der Waals surface area contributed by atoms with E-state index in [4.69, 9.17) is 4.74 Å². The lowest BCUT2D eigenvalue weighted by molar-refractivity contribution is 0.0476. The Morgan fingerprint density at radius 1 is 1.04 bits per heavy atom. The molecule has 4 amide bonds. The molecule has 1 aromatic rings. The average Bonchev–Trinajstić information content (AvgIpc) is 2.61. The summed E-state index contributed by atoms with van der Waals surface area (Å²) in [5.41, 5.74) is 1.17. The standard InChI is InChI=1S/C18H26N4O4/c1-4-19-17(24)20-15-7-5-14(6-8-15)16(23)21-9-11-22(12-10-21)18(25)26-13(2)3/h5-8,13H,4,9-12H2,1-3H3,(H2,19,20,24). The molecule has 1 saturated heterocycles. The number of nitrogens with zero attached hydrogens (tertiary/aromatic N) is 2. The van der Waals surface area contributed by atoms with Gasteiger partial charge in [0.1, 0.15) is 0 Å². The van der Waals surface area contributed by atoms with Crippen LogP contribution in [0.5, 0.6) is 0 Å². The highest BCUT2D eigenvalue weighted by Crippen LogP contribution is 2.14. The quantitative estimate of drug-likeness (QED) is 0.858. The smallest absolute Gasteiger partial charge is 0.410 e. The van der Waals surface area contributed by atoms with Crippen LogP contribution >= 0.6 is 0 Å². The SMILES string of the molecule is CCNC(=O)Nc1ccc(C(=O)N2CCN(C(=O)OC(C)C)CC2)cc1. The zero-order valence-corrected chi connectivity index (χ0v) is 15.4. The largest absolute Gasteiger partial charge is 0.447 e. The number of ether oxygens (including phenoxy) is 1. The lowest BCUT2D eigenvalue weighted by atomic mass is 10.1. The molecule has 1 aliphatic heterocycles. The monoisotopic (exact) mass is 362 g/mol. The van der Waals surface area contributed by atoms with Crippen molar-refractivity contribution in [2.24, 2.45) is 0 Å². The van der Waals surface area contributed by atoms with Gasteiger partial charge in [-0.15, -0.1) is 0 Å². The van der Waals surface area contributed by atoms with E-state index < -0.39 is 0 Å². The first-order chi connectivity index (χ1) is 12.4. The molecule has 2 rings (SSSR count). The van der Waals surface area contributed by atoms with Gasteiger partial charge in [0.25, 0.3) is 5.91 Å². The van der Waals surface area contributed by atoms with Crippen molar-refractivity contribution in [3.8, 4) is 0 Å². The van der Waals surface area contributed by atoms with Crippen molar-refractivity contribution in [1.29, 1.82) is 0 Å². The predicted molar refractivity (Wildman–Crippen MR) is 98.2 cm³/mol. The second-order valence-corrected chi connectivity index (χ2v) is 6.27. The van der Waals surface area contributed by atoms with Crippen LogP contribution < -0.4 is 10.6 Å². The van der Waals surface area contributed by atoms with Gasteiger partial charge in [-0.1, -0.05) is 0 Å². The topological polar surface area (TPSA) is 91.0 Å². The summed E-state index contributed by atoms with van der Waals surface area (Å²) in [6.07, 6.45) is -0.499. The van der Waals surface area contributed by atoms with Crippen LogP contribution in [-0.4, -0.2) is 66.7 Å². The summed E-state index contributed by atoms with van der Waals surface area (Å²) < 4.78 is 5.18. The molecule has 1 fully saturated rings. The number of amides is 4. The summed E-state index contributed by atoms with van der Waals surface area (Å²) >= 11 is 0. The Bertz CT molecular complexity index is 637. The van der Waals surface area contributed by atoms with Crippen LogP contribution in [0.3, 0.4) is 0 Å². The van der Waals surface area contributed by atoms with E-state index in [-0.39, 0.29) is 24.1 Å². The minimum Gasteiger partial charge on any atom is -0.447 e. The lowest BCUT2D eigenvalue weighted by Crippen LogP contribution is -2.51. The van der Waals surface area contributed by atoms with Crippen molar-refractivity contribution in [3.63, 3.8) is 0 Å². The van der Waals surface area contributed by atoms with Crippen LogP contribution in [-0.2, 0) is 4.74 Å². The van der Waals surface area contributed by atoms with Crippen LogP contribution in [0.15, 0.2) is 24.3 Å². The minimum absolute atomic E-state index is 0.0913. The first-order valence-electron chi connectivity index (χ1n) is 8.80. The van der Waals surface area contributed by atoms with Crippen LogP contribution in [0.25, 0.3) is 0 Å². The zero-order chi connectivity index (χ0) is 19.1. The number of hydrogen-bond acceptors (Lipinski definition) is 4. The predicted octanol–water partition coefficient (Wildman–Crippen LogP) is 2.13. The fourth-order valence-corrected chi connectivity index (χ4v) is 2.58.